The Kier molecular flexibility index (Phi) is 10.5. The molecule has 0 radical (unpaired) electrons. The number of hydrogen-bond donors (Lipinski definition) is 6. The van der Waals surface area contributed by atoms with Crippen LogP contribution in [0, 0.1) is 0 Å². The molecule has 0 atom stereocenters. The molecule has 0 amide bonds. The van der Waals surface area contributed by atoms with E-state index in [1.54, 1.807) is 37.2 Å². The number of H-pyrrole nitrogens is 6. The Balaban J connectivity index is 0.000000109. The number of carbonyl (C=O) groups is 4. The van der Waals surface area contributed by atoms with Gasteiger partial charge in [0.25, 0.3) is 11.2 Å². The molecule has 76 heavy (non-hydrogen) atoms. The van der Waals surface area contributed by atoms with Crippen LogP contribution in [-0.4, -0.2) is 53.6 Å². The highest BCUT2D eigenvalue weighted by molar-refractivity contribution is 6.58. The molecule has 8 heterocycles. The third kappa shape index (κ3) is 7.09. The zero-order valence-electron chi connectivity index (χ0n) is 39.5. The second-order valence-electron chi connectivity index (χ2n) is 18.1. The number of nitrogens with one attached hydrogen (secondary N) is 6. The Morgan fingerprint density at radius 2 is 0.539 bits per heavy atom. The molecule has 15 rings (SSSR count). The number of rotatable bonds is 6. The van der Waals surface area contributed by atoms with Crippen LogP contribution in [0.3, 0.4) is 0 Å². The van der Waals surface area contributed by atoms with Crippen molar-refractivity contribution in [2.24, 2.45) is 0 Å². The summed E-state index contributed by atoms with van der Waals surface area (Å²) in [7, 11) is 0. The van der Waals surface area contributed by atoms with Crippen LogP contribution >= 0.6 is 0 Å². The Morgan fingerprint density at radius 1 is 0.263 bits per heavy atom. The van der Waals surface area contributed by atoms with Crippen LogP contribution in [-0.2, 0) is 28.7 Å². The number of benzene rings is 6. The van der Waals surface area contributed by atoms with E-state index in [0.29, 0.717) is 55.9 Å². The smallest absolute Gasteiger partial charge is 0.385 e. The molecule has 0 unspecified atom stereocenters. The van der Waals surface area contributed by atoms with Crippen LogP contribution in [0.25, 0.3) is 110 Å². The third-order valence-electron chi connectivity index (χ3n) is 13.9. The monoisotopic (exact) mass is 996 g/mol. The number of aromatic amines is 6. The summed E-state index contributed by atoms with van der Waals surface area (Å²) in [5.74, 6) is -2.40. The number of esters is 3. The summed E-state index contributed by atoms with van der Waals surface area (Å²) in [4.78, 5) is 106. The first-order valence-electron chi connectivity index (χ1n) is 23.9. The van der Waals surface area contributed by atoms with Crippen molar-refractivity contribution < 1.29 is 28.7 Å². The summed E-state index contributed by atoms with van der Waals surface area (Å²) in [6.45, 7) is 0. The van der Waals surface area contributed by atoms with E-state index in [2.05, 4.69) is 29.9 Å². The standard InChI is InChI=1S/C21H12N2O3.2C20H12N2O3/c24-19-17(13-9-22-15-7-3-1-5-11(13)15)18(20(25)21(19)26)14-10-23-16-8-4-2-6-12(14)16;23-18-17(13-9-21-15-7-3-1-5-11(13)15)19(25-20(18)24)14-10-22-16-8-4-2-6-12(14)16;23-19-17(13-9-21-15-7-3-1-5-11(13)15)18(20(24)25-19)14-10-22-16-8-4-2-6-12(14)16/h1-10,22-23H;2*1-10,21-22H. The Morgan fingerprint density at radius 3 is 0.895 bits per heavy atom. The lowest BCUT2D eigenvalue weighted by atomic mass is 9.95. The number of carbonyl (C=O) groups excluding carboxylic acids is 4. The van der Waals surface area contributed by atoms with Gasteiger partial charge in [0.15, 0.2) is 5.76 Å². The van der Waals surface area contributed by atoms with E-state index in [0.717, 1.165) is 65.4 Å². The van der Waals surface area contributed by atoms with Gasteiger partial charge in [0, 0.05) is 147 Å². The maximum atomic E-state index is 12.6. The molecule has 0 saturated carbocycles. The average molecular weight is 997 g/mol. The quantitative estimate of drug-likeness (QED) is 0.0528. The lowest BCUT2D eigenvalue weighted by molar-refractivity contribution is -0.149. The first-order chi connectivity index (χ1) is 37.1. The SMILES string of the molecule is O=C1OC(=O)C(c2c[nH]c3ccccc23)=C1c1c[nH]c2ccccc12.O=C1OC(c2c[nH]c3ccccc23)=C(c2c[nH]c3ccccc23)C1=O.O=c1c(-c2c[nH]c3ccccc23)c(-c2c[nH]c3ccccc23)c(=O)c1=O. The van der Waals surface area contributed by atoms with Gasteiger partial charge in [-0.2, -0.15) is 0 Å². The van der Waals surface area contributed by atoms with Gasteiger partial charge in [-0.05, 0) is 36.4 Å². The van der Waals surface area contributed by atoms with Crippen molar-refractivity contribution in [1.82, 2.24) is 29.9 Å². The molecule has 7 aromatic carbocycles. The predicted molar refractivity (Wildman–Crippen MR) is 291 cm³/mol. The fraction of sp³-hybridized carbons (Fsp3) is 0. The van der Waals surface area contributed by atoms with E-state index >= 15 is 0 Å². The number of fused-ring (bicyclic) bond motifs is 6. The van der Waals surface area contributed by atoms with Crippen LogP contribution in [0.5, 0.6) is 0 Å². The fourth-order valence-corrected chi connectivity index (χ4v) is 10.4. The molecule has 364 valence electrons. The summed E-state index contributed by atoms with van der Waals surface area (Å²) in [5.41, 5.74) is 7.91. The number of Topliss-reactive ketones (excluding diaryl/α,β-unsaturated/α-hetero) is 1. The summed E-state index contributed by atoms with van der Waals surface area (Å²) in [6.07, 6.45) is 10.4. The lowest BCUT2D eigenvalue weighted by Gasteiger charge is -2.03. The van der Waals surface area contributed by atoms with Crippen molar-refractivity contribution in [2.75, 3.05) is 0 Å². The number of aromatic nitrogens is 6. The van der Waals surface area contributed by atoms with Gasteiger partial charge in [-0.1, -0.05) is 109 Å². The van der Waals surface area contributed by atoms with E-state index < -0.39 is 40.0 Å². The molecule has 15 heteroatoms. The molecule has 0 saturated heterocycles. The highest BCUT2D eigenvalue weighted by Crippen LogP contribution is 2.42. The molecule has 0 aliphatic carbocycles. The van der Waals surface area contributed by atoms with Gasteiger partial charge in [0.1, 0.15) is 0 Å². The Hall–Kier alpha value is -10.9. The first-order valence-corrected chi connectivity index (χ1v) is 23.9. The van der Waals surface area contributed by atoms with Gasteiger partial charge in [-0.25, -0.2) is 14.4 Å². The molecule has 0 fully saturated rings. The minimum Gasteiger partial charge on any atom is -0.419 e. The molecule has 6 aromatic heterocycles. The van der Waals surface area contributed by atoms with Gasteiger partial charge in [-0.15, -0.1) is 0 Å². The molecule has 2 aliphatic rings. The van der Waals surface area contributed by atoms with Crippen molar-refractivity contribution >= 4 is 112 Å². The molecular weight excluding hydrogens is 961 g/mol. The molecule has 13 aromatic rings. The zero-order valence-corrected chi connectivity index (χ0v) is 39.5. The van der Waals surface area contributed by atoms with E-state index in [4.69, 9.17) is 9.47 Å². The maximum Gasteiger partial charge on any atom is 0.385 e. The second kappa shape index (κ2) is 17.7. The van der Waals surface area contributed by atoms with Crippen LogP contribution < -0.4 is 16.3 Å². The average Bonchev–Trinajstić information content (AvgIpc) is 4.36. The van der Waals surface area contributed by atoms with Gasteiger partial charge in [0.05, 0.1) is 16.7 Å². The zero-order chi connectivity index (χ0) is 51.8. The van der Waals surface area contributed by atoms with Gasteiger partial charge in [-0.3, -0.25) is 19.2 Å². The van der Waals surface area contributed by atoms with E-state index in [1.807, 2.05) is 146 Å². The maximum absolute atomic E-state index is 12.6. The predicted octanol–water partition coefficient (Wildman–Crippen LogP) is 10.2. The minimum atomic E-state index is -0.981. The number of hydrogen-bond acceptors (Lipinski definition) is 9. The highest BCUT2D eigenvalue weighted by Gasteiger charge is 2.39. The Bertz CT molecular complexity index is 4630. The van der Waals surface area contributed by atoms with Crippen LogP contribution in [0.1, 0.15) is 22.3 Å². The van der Waals surface area contributed by atoms with Crippen LogP contribution in [0.2, 0.25) is 0 Å². The van der Waals surface area contributed by atoms with E-state index in [9.17, 15) is 33.6 Å². The van der Waals surface area contributed by atoms with Crippen LogP contribution in [0.15, 0.2) is 197 Å². The lowest BCUT2D eigenvalue weighted by Crippen LogP contribution is -2.30. The third-order valence-corrected chi connectivity index (χ3v) is 13.9. The van der Waals surface area contributed by atoms with Crippen molar-refractivity contribution in [3.63, 3.8) is 0 Å². The molecule has 2 aliphatic heterocycles. The molecule has 0 spiro atoms. The summed E-state index contributed by atoms with van der Waals surface area (Å²) < 4.78 is 10.3. The molecule has 0 bridgehead atoms. The van der Waals surface area contributed by atoms with Gasteiger partial charge >= 0.3 is 17.9 Å². The summed E-state index contributed by atoms with van der Waals surface area (Å²) in [5, 5.41) is 5.13. The fourth-order valence-electron chi connectivity index (χ4n) is 10.4. The first kappa shape index (κ1) is 45.0. The van der Waals surface area contributed by atoms with Gasteiger partial charge in [0.2, 0.25) is 10.9 Å². The van der Waals surface area contributed by atoms with Crippen molar-refractivity contribution in [3.05, 3.63) is 236 Å². The van der Waals surface area contributed by atoms with Gasteiger partial charge < -0.3 is 39.4 Å². The summed E-state index contributed by atoms with van der Waals surface area (Å²) in [6, 6.07) is 45.6. The van der Waals surface area contributed by atoms with Crippen molar-refractivity contribution in [2.45, 2.75) is 0 Å². The second-order valence-corrected chi connectivity index (χ2v) is 18.1. The number of cyclic esters (lactones) is 3. The number of para-hydroxylation sites is 6. The van der Waals surface area contributed by atoms with Crippen LogP contribution in [0.4, 0.5) is 0 Å². The van der Waals surface area contributed by atoms with Crippen molar-refractivity contribution in [3.8, 4) is 22.3 Å². The largest absolute Gasteiger partial charge is 0.419 e. The molecular formula is C61H36N6O9. The topological polar surface area (TPSA) is 233 Å². The van der Waals surface area contributed by atoms with Crippen molar-refractivity contribution in [1.29, 1.82) is 0 Å². The number of ketones is 1. The normalized spacial score (nSPS) is 13.6. The Labute approximate surface area is 426 Å². The summed E-state index contributed by atoms with van der Waals surface area (Å²) >= 11 is 0. The van der Waals surface area contributed by atoms with E-state index in [1.165, 1.54) is 0 Å². The van der Waals surface area contributed by atoms with E-state index in [-0.39, 0.29) is 11.1 Å². The highest BCUT2D eigenvalue weighted by atomic mass is 16.6. The molecule has 15 nitrogen and oxygen atoms in total. The molecule has 6 N–H and O–H groups in total. The number of ether oxygens (including phenoxy) is 2. The minimum absolute atomic E-state index is 0.169.